The van der Waals surface area contributed by atoms with Gasteiger partial charge >= 0.3 is 0 Å². The van der Waals surface area contributed by atoms with E-state index >= 15 is 0 Å². The molecule has 2 unspecified atom stereocenters. The molecule has 1 aromatic rings. The van der Waals surface area contributed by atoms with E-state index in [0.717, 1.165) is 37.6 Å². The number of nitrogens with one attached hydrogen (secondary N) is 1. The van der Waals surface area contributed by atoms with Crippen molar-refractivity contribution in [3.05, 3.63) is 11.9 Å². The highest BCUT2D eigenvalue weighted by Gasteiger charge is 2.25. The molecule has 0 radical (unpaired) electrons. The second kappa shape index (κ2) is 6.20. The molecule has 102 valence electrons. The molecule has 1 aliphatic rings. The second-order valence-corrected chi connectivity index (χ2v) is 4.82. The first-order valence-electron chi connectivity index (χ1n) is 6.62. The number of anilines is 1. The molecule has 0 spiro atoms. The minimum absolute atomic E-state index is 0.307. The Kier molecular flexibility index (Phi) is 4.60. The molecule has 0 aromatic carbocycles. The van der Waals surface area contributed by atoms with Gasteiger partial charge in [-0.1, -0.05) is 0 Å². The molecule has 2 heterocycles. The first-order valence-corrected chi connectivity index (χ1v) is 6.62. The van der Waals surface area contributed by atoms with Gasteiger partial charge in [0, 0.05) is 26.5 Å². The summed E-state index contributed by atoms with van der Waals surface area (Å²) in [7, 11) is 1.70. The number of hydrogen-bond donors (Lipinski definition) is 1. The lowest BCUT2D eigenvalue weighted by Gasteiger charge is -2.22. The summed E-state index contributed by atoms with van der Waals surface area (Å²) in [6, 6.07) is 0.318. The maximum atomic E-state index is 5.76. The maximum Gasteiger partial charge on any atom is 0.203 e. The molecule has 1 aliphatic heterocycles. The molecule has 18 heavy (non-hydrogen) atoms. The van der Waals surface area contributed by atoms with Gasteiger partial charge in [-0.15, -0.1) is 0 Å². The Bertz CT molecular complexity index is 372. The minimum atomic E-state index is 0.307. The van der Waals surface area contributed by atoms with Crippen LogP contribution in [-0.2, 0) is 9.47 Å². The monoisotopic (exact) mass is 253 g/mol. The summed E-state index contributed by atoms with van der Waals surface area (Å²) in [6.45, 7) is 6.54. The number of rotatable bonds is 6. The average Bonchev–Trinajstić information content (AvgIpc) is 2.98. The molecule has 0 bridgehead atoms. The molecule has 0 aliphatic carbocycles. The molecule has 1 N–H and O–H groups in total. The van der Waals surface area contributed by atoms with E-state index in [1.54, 1.807) is 7.11 Å². The van der Waals surface area contributed by atoms with E-state index in [-0.39, 0.29) is 0 Å². The van der Waals surface area contributed by atoms with Crippen LogP contribution in [-0.4, -0.2) is 42.5 Å². The van der Waals surface area contributed by atoms with Gasteiger partial charge in [-0.3, -0.25) is 0 Å². The van der Waals surface area contributed by atoms with Crippen LogP contribution in [0.3, 0.4) is 0 Å². The van der Waals surface area contributed by atoms with E-state index in [0.29, 0.717) is 18.8 Å². The number of aryl methyl sites for hydroxylation is 1. The van der Waals surface area contributed by atoms with Crippen molar-refractivity contribution < 1.29 is 9.47 Å². The average molecular weight is 253 g/mol. The third-order valence-electron chi connectivity index (χ3n) is 3.38. The van der Waals surface area contributed by atoms with Gasteiger partial charge in [0.25, 0.3) is 0 Å². The van der Waals surface area contributed by atoms with Crippen molar-refractivity contribution in [1.82, 2.24) is 9.55 Å². The highest BCUT2D eigenvalue weighted by Crippen LogP contribution is 2.27. The predicted molar refractivity (Wildman–Crippen MR) is 71.0 cm³/mol. The smallest absolute Gasteiger partial charge is 0.203 e. The summed E-state index contributed by atoms with van der Waals surface area (Å²) in [5.41, 5.74) is 1.03. The number of ether oxygens (including phenoxy) is 2. The van der Waals surface area contributed by atoms with E-state index < -0.39 is 0 Å². The number of nitrogens with zero attached hydrogens (tertiary/aromatic N) is 2. The molecule has 1 saturated heterocycles. The fourth-order valence-electron chi connectivity index (χ4n) is 2.38. The molecule has 5 heteroatoms. The van der Waals surface area contributed by atoms with Crippen LogP contribution in [0.5, 0.6) is 0 Å². The van der Waals surface area contributed by atoms with Crippen molar-refractivity contribution in [3.63, 3.8) is 0 Å². The largest absolute Gasteiger partial charge is 0.383 e. The molecule has 1 fully saturated rings. The van der Waals surface area contributed by atoms with Gasteiger partial charge in [-0.25, -0.2) is 4.98 Å². The summed E-state index contributed by atoms with van der Waals surface area (Å²) in [5.74, 6) is 0.910. The van der Waals surface area contributed by atoms with Crippen LogP contribution in [0, 0.1) is 6.92 Å². The second-order valence-electron chi connectivity index (χ2n) is 4.82. The van der Waals surface area contributed by atoms with Gasteiger partial charge in [0.2, 0.25) is 5.95 Å². The Morgan fingerprint density at radius 1 is 1.67 bits per heavy atom. The van der Waals surface area contributed by atoms with Crippen molar-refractivity contribution in [3.8, 4) is 0 Å². The Balaban J connectivity index is 2.05. The first kappa shape index (κ1) is 13.4. The Morgan fingerprint density at radius 3 is 3.17 bits per heavy atom. The Labute approximate surface area is 108 Å². The van der Waals surface area contributed by atoms with E-state index in [4.69, 9.17) is 9.47 Å². The van der Waals surface area contributed by atoms with Crippen LogP contribution in [0.4, 0.5) is 5.95 Å². The topological polar surface area (TPSA) is 48.3 Å². The highest BCUT2D eigenvalue weighted by molar-refractivity contribution is 5.29. The molecular weight excluding hydrogens is 230 g/mol. The van der Waals surface area contributed by atoms with Gasteiger partial charge < -0.3 is 19.4 Å². The van der Waals surface area contributed by atoms with Crippen molar-refractivity contribution in [1.29, 1.82) is 0 Å². The van der Waals surface area contributed by atoms with Crippen molar-refractivity contribution in [2.75, 3.05) is 32.2 Å². The standard InChI is InChI=1S/C13H23N3O2/c1-10-9-16(11(2)12-5-4-7-18-12)13(15-10)14-6-8-17-3/h9,11-12H,4-8H2,1-3H3,(H,14,15). The van der Waals surface area contributed by atoms with Gasteiger partial charge in [0.15, 0.2) is 0 Å². The number of hydrogen-bond acceptors (Lipinski definition) is 4. The van der Waals surface area contributed by atoms with Crippen LogP contribution in [0.2, 0.25) is 0 Å². The zero-order chi connectivity index (χ0) is 13.0. The highest BCUT2D eigenvalue weighted by atomic mass is 16.5. The zero-order valence-electron chi connectivity index (χ0n) is 11.5. The molecule has 1 aromatic heterocycles. The van der Waals surface area contributed by atoms with Crippen molar-refractivity contribution in [2.24, 2.45) is 0 Å². The predicted octanol–water partition coefficient (Wildman–Crippen LogP) is 1.99. The Hall–Kier alpha value is -1.07. The lowest BCUT2D eigenvalue weighted by molar-refractivity contribution is 0.0738. The van der Waals surface area contributed by atoms with Gasteiger partial charge in [-0.2, -0.15) is 0 Å². The summed E-state index contributed by atoms with van der Waals surface area (Å²) < 4.78 is 13.0. The van der Waals surface area contributed by atoms with Crippen LogP contribution >= 0.6 is 0 Å². The summed E-state index contributed by atoms with van der Waals surface area (Å²) >= 11 is 0. The summed E-state index contributed by atoms with van der Waals surface area (Å²) in [4.78, 5) is 4.52. The number of imidazole rings is 1. The summed E-state index contributed by atoms with van der Waals surface area (Å²) in [5, 5.41) is 3.31. The lowest BCUT2D eigenvalue weighted by Crippen LogP contribution is -2.22. The molecule has 2 atom stereocenters. The molecule has 2 rings (SSSR count). The van der Waals surface area contributed by atoms with Crippen LogP contribution < -0.4 is 5.32 Å². The molecular formula is C13H23N3O2. The lowest BCUT2D eigenvalue weighted by atomic mass is 10.1. The zero-order valence-corrected chi connectivity index (χ0v) is 11.5. The fraction of sp³-hybridized carbons (Fsp3) is 0.769. The van der Waals surface area contributed by atoms with Crippen LogP contribution in [0.15, 0.2) is 6.20 Å². The first-order chi connectivity index (χ1) is 8.72. The SMILES string of the molecule is COCCNc1nc(C)cn1C(C)C1CCCO1. The van der Waals surface area contributed by atoms with Crippen LogP contribution in [0.1, 0.15) is 31.5 Å². The van der Waals surface area contributed by atoms with Crippen LogP contribution in [0.25, 0.3) is 0 Å². The van der Waals surface area contributed by atoms with Gasteiger partial charge in [0.05, 0.1) is 24.4 Å². The third kappa shape index (κ3) is 3.03. The Morgan fingerprint density at radius 2 is 2.50 bits per heavy atom. The van der Waals surface area contributed by atoms with E-state index in [9.17, 15) is 0 Å². The van der Waals surface area contributed by atoms with Crippen molar-refractivity contribution >= 4 is 5.95 Å². The van der Waals surface area contributed by atoms with E-state index in [2.05, 4.69) is 28.0 Å². The molecule has 0 saturated carbocycles. The number of methoxy groups -OCH3 is 1. The van der Waals surface area contributed by atoms with E-state index in [1.807, 2.05) is 6.92 Å². The van der Waals surface area contributed by atoms with E-state index in [1.165, 1.54) is 0 Å². The van der Waals surface area contributed by atoms with Gasteiger partial charge in [-0.05, 0) is 26.7 Å². The quantitative estimate of drug-likeness (QED) is 0.788. The number of aromatic nitrogens is 2. The summed E-state index contributed by atoms with van der Waals surface area (Å²) in [6.07, 6.45) is 4.69. The third-order valence-corrected chi connectivity index (χ3v) is 3.38. The maximum absolute atomic E-state index is 5.76. The van der Waals surface area contributed by atoms with Crippen molar-refractivity contribution in [2.45, 2.75) is 38.8 Å². The normalized spacial score (nSPS) is 21.2. The van der Waals surface area contributed by atoms with Gasteiger partial charge in [0.1, 0.15) is 0 Å². The molecule has 5 nitrogen and oxygen atoms in total. The minimum Gasteiger partial charge on any atom is -0.383 e. The fourth-order valence-corrected chi connectivity index (χ4v) is 2.38. The molecule has 0 amide bonds.